The molecule has 0 aromatic rings. The van der Waals surface area contributed by atoms with Crippen LogP contribution in [0.15, 0.2) is 0 Å². The van der Waals surface area contributed by atoms with Crippen LogP contribution in [0, 0.1) is 0 Å². The number of amides is 1. The van der Waals surface area contributed by atoms with Crippen LogP contribution in [-0.2, 0) is 9.47 Å². The fraction of sp³-hybridized carbons (Fsp3) is 0.938. The Balaban J connectivity index is 1.86. The van der Waals surface area contributed by atoms with Crippen LogP contribution in [0.25, 0.3) is 0 Å². The molecule has 0 bridgehead atoms. The van der Waals surface area contributed by atoms with Crippen molar-refractivity contribution < 1.29 is 14.3 Å². The lowest BCUT2D eigenvalue weighted by atomic mass is 10.1. The second-order valence-corrected chi connectivity index (χ2v) is 7.20. The van der Waals surface area contributed by atoms with E-state index in [4.69, 9.17) is 9.47 Å². The van der Waals surface area contributed by atoms with Gasteiger partial charge in [0.15, 0.2) is 0 Å². The predicted molar refractivity (Wildman–Crippen MR) is 82.4 cm³/mol. The van der Waals surface area contributed by atoms with Gasteiger partial charge in [0.1, 0.15) is 5.60 Å². The minimum Gasteiger partial charge on any atom is -0.444 e. The minimum absolute atomic E-state index is 0.184. The maximum absolute atomic E-state index is 12.3. The molecule has 1 amide bonds. The molecule has 21 heavy (non-hydrogen) atoms. The van der Waals surface area contributed by atoms with Gasteiger partial charge in [0.05, 0.1) is 6.61 Å². The molecule has 0 spiro atoms. The highest BCUT2D eigenvalue weighted by Gasteiger charge is 2.27. The monoisotopic (exact) mass is 298 g/mol. The smallest absolute Gasteiger partial charge is 0.410 e. The molecule has 0 aromatic carbocycles. The third-order valence-electron chi connectivity index (χ3n) is 3.95. The molecule has 2 atom stereocenters. The molecule has 122 valence electrons. The van der Waals surface area contributed by atoms with Gasteiger partial charge in [0, 0.05) is 31.8 Å². The highest BCUT2D eigenvalue weighted by molar-refractivity contribution is 5.68. The van der Waals surface area contributed by atoms with E-state index in [1.807, 2.05) is 25.7 Å². The Hall–Kier alpha value is -0.810. The topological polar surface area (TPSA) is 50.8 Å². The zero-order valence-electron chi connectivity index (χ0n) is 13.7. The minimum atomic E-state index is -0.427. The van der Waals surface area contributed by atoms with E-state index < -0.39 is 5.60 Å². The largest absolute Gasteiger partial charge is 0.444 e. The predicted octanol–water partition coefficient (Wildman–Crippen LogP) is 2.54. The van der Waals surface area contributed by atoms with Crippen LogP contribution in [0.3, 0.4) is 0 Å². The summed E-state index contributed by atoms with van der Waals surface area (Å²) in [6.45, 7) is 8.96. The van der Waals surface area contributed by atoms with Crippen LogP contribution in [0.4, 0.5) is 4.79 Å². The first-order chi connectivity index (χ1) is 9.94. The van der Waals surface area contributed by atoms with E-state index >= 15 is 0 Å². The van der Waals surface area contributed by atoms with Crippen molar-refractivity contribution >= 4 is 6.09 Å². The molecule has 2 rings (SSSR count). The maximum Gasteiger partial charge on any atom is 0.410 e. The molecule has 2 fully saturated rings. The van der Waals surface area contributed by atoms with Crippen LogP contribution in [0.5, 0.6) is 0 Å². The molecular formula is C16H30N2O3. The van der Waals surface area contributed by atoms with Gasteiger partial charge in [-0.25, -0.2) is 4.79 Å². The highest BCUT2D eigenvalue weighted by atomic mass is 16.6. The van der Waals surface area contributed by atoms with Crippen LogP contribution in [0.2, 0.25) is 0 Å². The van der Waals surface area contributed by atoms with E-state index in [2.05, 4.69) is 5.32 Å². The van der Waals surface area contributed by atoms with E-state index in [0.29, 0.717) is 12.1 Å². The van der Waals surface area contributed by atoms with E-state index in [9.17, 15) is 4.79 Å². The van der Waals surface area contributed by atoms with Crippen LogP contribution < -0.4 is 5.32 Å². The van der Waals surface area contributed by atoms with Gasteiger partial charge in [-0.15, -0.1) is 0 Å². The molecule has 2 unspecified atom stereocenters. The number of carbonyl (C=O) groups excluding carboxylic acids is 1. The van der Waals surface area contributed by atoms with Crippen LogP contribution in [-0.4, -0.2) is 55.0 Å². The zero-order valence-corrected chi connectivity index (χ0v) is 13.7. The van der Waals surface area contributed by atoms with E-state index in [0.717, 1.165) is 52.0 Å². The first-order valence-corrected chi connectivity index (χ1v) is 8.26. The van der Waals surface area contributed by atoms with E-state index in [-0.39, 0.29) is 6.09 Å². The molecule has 2 saturated heterocycles. The Morgan fingerprint density at radius 1 is 1.19 bits per heavy atom. The molecule has 5 heteroatoms. The van der Waals surface area contributed by atoms with Crippen molar-refractivity contribution in [3.8, 4) is 0 Å². The lowest BCUT2D eigenvalue weighted by Gasteiger charge is -2.31. The van der Waals surface area contributed by atoms with Gasteiger partial charge < -0.3 is 19.7 Å². The quantitative estimate of drug-likeness (QED) is 0.851. The summed E-state index contributed by atoms with van der Waals surface area (Å²) in [7, 11) is 0. The Labute approximate surface area is 128 Å². The molecule has 0 aliphatic carbocycles. The molecule has 2 aliphatic rings. The summed E-state index contributed by atoms with van der Waals surface area (Å²) in [6, 6.07) is 0.786. The van der Waals surface area contributed by atoms with Crippen molar-refractivity contribution in [2.24, 2.45) is 0 Å². The highest BCUT2D eigenvalue weighted by Crippen LogP contribution is 2.17. The number of ether oxygens (including phenoxy) is 2. The number of rotatable bonds is 2. The molecule has 0 aromatic heterocycles. The van der Waals surface area contributed by atoms with Crippen molar-refractivity contribution in [2.45, 2.75) is 70.6 Å². The zero-order chi connectivity index (χ0) is 15.3. The fourth-order valence-corrected chi connectivity index (χ4v) is 2.98. The average Bonchev–Trinajstić information content (AvgIpc) is 2.64. The second kappa shape index (κ2) is 7.45. The first kappa shape index (κ1) is 16.6. The standard InChI is InChI=1S/C16H30N2O3/c1-16(2,3)21-15(19)18-9-5-4-7-13(11-18)17-14-8-6-10-20-12-14/h13-14,17H,4-12H2,1-3H3. The molecule has 2 heterocycles. The Bertz CT molecular complexity index is 335. The van der Waals surface area contributed by atoms with Gasteiger partial charge in [-0.05, 0) is 46.5 Å². The number of hydrogen-bond acceptors (Lipinski definition) is 4. The number of hydrogen-bond donors (Lipinski definition) is 1. The molecular weight excluding hydrogens is 268 g/mol. The number of nitrogens with one attached hydrogen (secondary N) is 1. The van der Waals surface area contributed by atoms with Crippen molar-refractivity contribution in [3.63, 3.8) is 0 Å². The third-order valence-corrected chi connectivity index (χ3v) is 3.95. The molecule has 2 aliphatic heterocycles. The summed E-state index contributed by atoms with van der Waals surface area (Å²) in [6.07, 6.45) is 5.44. The van der Waals surface area contributed by atoms with Crippen LogP contribution in [0.1, 0.15) is 52.9 Å². The number of carbonyl (C=O) groups is 1. The summed E-state index contributed by atoms with van der Waals surface area (Å²) >= 11 is 0. The van der Waals surface area contributed by atoms with Crippen molar-refractivity contribution in [1.29, 1.82) is 0 Å². The fourth-order valence-electron chi connectivity index (χ4n) is 2.98. The lowest BCUT2D eigenvalue weighted by molar-refractivity contribution is 0.0229. The van der Waals surface area contributed by atoms with E-state index in [1.54, 1.807) is 0 Å². The summed E-state index contributed by atoms with van der Waals surface area (Å²) in [5.74, 6) is 0. The van der Waals surface area contributed by atoms with E-state index in [1.165, 1.54) is 6.42 Å². The Kier molecular flexibility index (Phi) is 5.88. The summed E-state index contributed by atoms with van der Waals surface area (Å²) < 4.78 is 11.0. The van der Waals surface area contributed by atoms with Crippen molar-refractivity contribution in [2.75, 3.05) is 26.3 Å². The van der Waals surface area contributed by atoms with Gasteiger partial charge in [0.2, 0.25) is 0 Å². The molecule has 5 nitrogen and oxygen atoms in total. The number of nitrogens with zero attached hydrogens (tertiary/aromatic N) is 1. The van der Waals surface area contributed by atoms with Gasteiger partial charge in [-0.2, -0.15) is 0 Å². The average molecular weight is 298 g/mol. The molecule has 0 radical (unpaired) electrons. The van der Waals surface area contributed by atoms with Gasteiger partial charge >= 0.3 is 6.09 Å². The van der Waals surface area contributed by atoms with Gasteiger partial charge in [-0.3, -0.25) is 0 Å². The van der Waals surface area contributed by atoms with Gasteiger partial charge in [-0.1, -0.05) is 6.42 Å². The van der Waals surface area contributed by atoms with Crippen molar-refractivity contribution in [1.82, 2.24) is 10.2 Å². The molecule has 1 N–H and O–H groups in total. The summed E-state index contributed by atoms with van der Waals surface area (Å²) in [5.41, 5.74) is -0.427. The Morgan fingerprint density at radius 3 is 2.62 bits per heavy atom. The van der Waals surface area contributed by atoms with Crippen LogP contribution >= 0.6 is 0 Å². The summed E-state index contributed by atoms with van der Waals surface area (Å²) in [5, 5.41) is 3.67. The molecule has 0 saturated carbocycles. The van der Waals surface area contributed by atoms with Crippen molar-refractivity contribution in [3.05, 3.63) is 0 Å². The normalized spacial score (nSPS) is 28.0. The first-order valence-electron chi connectivity index (χ1n) is 8.26. The maximum atomic E-state index is 12.3. The number of likely N-dealkylation sites (tertiary alicyclic amines) is 1. The summed E-state index contributed by atoms with van der Waals surface area (Å²) in [4.78, 5) is 14.1. The van der Waals surface area contributed by atoms with Gasteiger partial charge in [0.25, 0.3) is 0 Å². The lowest BCUT2D eigenvalue weighted by Crippen LogP contribution is -2.49. The third kappa shape index (κ3) is 5.83. The SMILES string of the molecule is CC(C)(C)OC(=O)N1CCCCC(NC2CCCOC2)C1. The second-order valence-electron chi connectivity index (χ2n) is 7.20. The Morgan fingerprint density at radius 2 is 1.95 bits per heavy atom.